The normalized spacial score (nSPS) is 11.1. The smallest absolute Gasteiger partial charge is 0.336 e. The first-order chi connectivity index (χ1) is 8.10. The lowest BCUT2D eigenvalue weighted by atomic mass is 11.8. The zero-order valence-electron chi connectivity index (χ0n) is 13.0. The Kier molecular flexibility index (Phi) is 63.5. The molecule has 0 spiro atoms. The summed E-state index contributed by atoms with van der Waals surface area (Å²) in [6.07, 6.45) is 4.23. The van der Waals surface area contributed by atoms with Crippen LogP contribution in [0.3, 0.4) is 0 Å². The van der Waals surface area contributed by atoms with Crippen LogP contribution in [0.5, 0.6) is 0 Å². The van der Waals surface area contributed by atoms with Gasteiger partial charge < -0.3 is 12.7 Å². The van der Waals surface area contributed by atoms with E-state index in [1.807, 2.05) is 11.8 Å². The summed E-state index contributed by atoms with van der Waals surface area (Å²) in [6, 6.07) is 0. The highest BCUT2D eigenvalue weighted by Gasteiger charge is 2.42. The molecule has 0 fully saturated rings. The lowest BCUT2D eigenvalue weighted by Crippen LogP contribution is -2.56. The van der Waals surface area contributed by atoms with E-state index in [-0.39, 0.29) is 66.8 Å². The predicted octanol–water partition coefficient (Wildman–Crippen LogP) is 9.17. The van der Waals surface area contributed by atoms with Gasteiger partial charge in [0.15, 0.2) is 8.32 Å². The Labute approximate surface area is 191 Å². The van der Waals surface area contributed by atoms with Crippen molar-refractivity contribution in [3.63, 3.8) is 0 Å². The molecule has 8 heteroatoms. The molecule has 0 aromatic heterocycles. The van der Waals surface area contributed by atoms with E-state index in [1.54, 1.807) is 18.9 Å². The van der Waals surface area contributed by atoms with E-state index in [0.29, 0.717) is 0 Å². The van der Waals surface area contributed by atoms with Crippen LogP contribution in [0.1, 0.15) is 66.8 Å². The zero-order chi connectivity index (χ0) is 14.4. The van der Waals surface area contributed by atoms with Crippen LogP contribution >= 0.6 is 23.5 Å². The minimum absolute atomic E-state index is 0. The molecule has 0 aliphatic rings. The highest BCUT2D eigenvalue weighted by molar-refractivity contribution is 8.00. The highest BCUT2D eigenvalue weighted by Crippen LogP contribution is 2.24. The van der Waals surface area contributed by atoms with E-state index in [0.717, 1.165) is 10.8 Å². The fraction of sp³-hybridized carbons (Fsp3) is 1.00. The van der Waals surface area contributed by atoms with E-state index >= 15 is 0 Å². The molecule has 0 aliphatic carbocycles. The first-order valence-corrected chi connectivity index (χ1v) is 17.3. The van der Waals surface area contributed by atoms with Gasteiger partial charge in [0.05, 0.1) is 0 Å². The van der Waals surface area contributed by atoms with Gasteiger partial charge >= 0.3 is 17.1 Å². The summed E-state index contributed by atoms with van der Waals surface area (Å²) in [6.45, 7) is 11.0. The van der Waals surface area contributed by atoms with Crippen molar-refractivity contribution in [3.8, 4) is 0 Å². The van der Waals surface area contributed by atoms with Gasteiger partial charge in [-0.3, -0.25) is 0 Å². The van der Waals surface area contributed by atoms with Crippen molar-refractivity contribution in [1.29, 1.82) is 0 Å². The summed E-state index contributed by atoms with van der Waals surface area (Å²) < 4.78 is 18.4. The second kappa shape index (κ2) is 27.2. The van der Waals surface area contributed by atoms with Crippen molar-refractivity contribution in [3.05, 3.63) is 0 Å². The summed E-state index contributed by atoms with van der Waals surface area (Å²) in [5.74, 6) is 0. The minimum Gasteiger partial charge on any atom is -0.436 e. The number of hydrogen-bond acceptors (Lipinski definition) is 5. The van der Waals surface area contributed by atoms with Crippen LogP contribution < -0.4 is 0 Å². The Bertz CT molecular complexity index is 260. The van der Waals surface area contributed by atoms with E-state index < -0.39 is 25.4 Å². The predicted molar refractivity (Wildman–Crippen MR) is 153 cm³/mol. The molecule has 0 saturated carbocycles. The summed E-state index contributed by atoms with van der Waals surface area (Å²) in [5, 5.41) is 2.06. The van der Waals surface area contributed by atoms with Gasteiger partial charge in [-0.05, 0) is 45.2 Å². The third-order valence-electron chi connectivity index (χ3n) is 2.31. The molecule has 0 radical (unpaired) electrons. The maximum Gasteiger partial charge on any atom is 0.336 e. The lowest BCUT2D eigenvalue weighted by molar-refractivity contribution is 0.279. The standard InChI is InChI=1S/C10H28O3S2Si3.9CH4/c1-11-18(8,10-15-3)13-17(6,7)12-16(4,5)9-14-2;;;;;;;;;/h9-10H2,1-8H3;9*1H4. The molecule has 1 atom stereocenters. The Morgan fingerprint density at radius 1 is 0.593 bits per heavy atom. The molecule has 27 heavy (non-hydrogen) atoms. The summed E-state index contributed by atoms with van der Waals surface area (Å²) >= 11 is 3.65. The molecular formula is C19H64O3S2Si3. The Morgan fingerprint density at radius 2 is 0.926 bits per heavy atom. The van der Waals surface area contributed by atoms with Gasteiger partial charge in [-0.1, -0.05) is 66.8 Å². The van der Waals surface area contributed by atoms with Crippen LogP contribution in [-0.4, -0.2) is 55.8 Å². The van der Waals surface area contributed by atoms with Gasteiger partial charge in [-0.25, -0.2) is 0 Å². The van der Waals surface area contributed by atoms with Crippen LogP contribution in [0.25, 0.3) is 0 Å². The minimum atomic E-state index is -2.10. The second-order valence-corrected chi connectivity index (χ2v) is 19.7. The van der Waals surface area contributed by atoms with Crippen LogP contribution in [0.4, 0.5) is 0 Å². The Hall–Kier alpha value is 1.23. The van der Waals surface area contributed by atoms with Crippen LogP contribution in [-0.2, 0) is 12.7 Å². The van der Waals surface area contributed by atoms with Gasteiger partial charge in [0.25, 0.3) is 0 Å². The van der Waals surface area contributed by atoms with Crippen molar-refractivity contribution < 1.29 is 12.7 Å². The van der Waals surface area contributed by atoms with Crippen LogP contribution in [0, 0.1) is 0 Å². The fourth-order valence-corrected chi connectivity index (χ4v) is 19.2. The molecule has 0 aliphatic heterocycles. The van der Waals surface area contributed by atoms with E-state index in [9.17, 15) is 0 Å². The van der Waals surface area contributed by atoms with E-state index in [1.165, 1.54) is 0 Å². The topological polar surface area (TPSA) is 27.7 Å². The molecule has 0 rings (SSSR count). The van der Waals surface area contributed by atoms with Crippen molar-refractivity contribution in [2.45, 2.75) is 99.6 Å². The van der Waals surface area contributed by atoms with E-state index in [4.69, 9.17) is 12.7 Å². The zero-order valence-corrected chi connectivity index (χ0v) is 17.6. The van der Waals surface area contributed by atoms with Gasteiger partial charge in [0.1, 0.15) is 0 Å². The quantitative estimate of drug-likeness (QED) is 0.301. The monoisotopic (exact) mass is 488 g/mol. The van der Waals surface area contributed by atoms with Crippen molar-refractivity contribution >= 4 is 49.0 Å². The summed E-state index contributed by atoms with van der Waals surface area (Å²) in [7, 11) is -4.02. The number of hydrogen-bond donors (Lipinski definition) is 0. The first kappa shape index (κ1) is 63.0. The average Bonchev–Trinajstić information content (AvgIpc) is 2.14. The Balaban J connectivity index is -0.0000000401. The molecular weight excluding hydrogens is 425 g/mol. The number of thioether (sulfide) groups is 2. The summed E-state index contributed by atoms with van der Waals surface area (Å²) in [4.78, 5) is 0. The van der Waals surface area contributed by atoms with Crippen LogP contribution in [0.15, 0.2) is 0 Å². The lowest BCUT2D eigenvalue weighted by Gasteiger charge is -2.38. The van der Waals surface area contributed by atoms with E-state index in [2.05, 4.69) is 45.2 Å². The molecule has 0 aromatic rings. The summed E-state index contributed by atoms with van der Waals surface area (Å²) in [5.41, 5.74) is 0. The van der Waals surface area contributed by atoms with Gasteiger partial charge in [-0.2, -0.15) is 23.5 Å². The largest absolute Gasteiger partial charge is 0.436 e. The van der Waals surface area contributed by atoms with Gasteiger partial charge in [0, 0.05) is 17.9 Å². The molecule has 0 amide bonds. The highest BCUT2D eigenvalue weighted by atomic mass is 32.2. The van der Waals surface area contributed by atoms with Crippen molar-refractivity contribution in [1.82, 2.24) is 0 Å². The fourth-order valence-electron chi connectivity index (χ4n) is 1.98. The third-order valence-corrected chi connectivity index (χ3v) is 18.2. The van der Waals surface area contributed by atoms with Crippen molar-refractivity contribution in [2.75, 3.05) is 30.4 Å². The Morgan fingerprint density at radius 3 is 1.19 bits per heavy atom. The molecule has 0 heterocycles. The SMILES string of the molecule is C.C.C.C.C.C.C.C.C.CO[Si](C)(CSC)O[Si](C)(C)O[Si](C)(C)CSC. The second-order valence-electron chi connectivity index (χ2n) is 5.57. The maximum absolute atomic E-state index is 6.39. The third kappa shape index (κ3) is 29.5. The molecule has 3 nitrogen and oxygen atoms in total. The molecule has 0 bridgehead atoms. The maximum atomic E-state index is 6.39. The molecule has 0 aromatic carbocycles. The molecule has 1 unspecified atom stereocenters. The van der Waals surface area contributed by atoms with Crippen molar-refractivity contribution in [2.24, 2.45) is 0 Å². The van der Waals surface area contributed by atoms with Gasteiger partial charge in [0.2, 0.25) is 0 Å². The number of rotatable bonds is 9. The van der Waals surface area contributed by atoms with Crippen LogP contribution in [0.2, 0.25) is 32.7 Å². The molecule has 0 saturated heterocycles. The average molecular weight is 489 g/mol. The molecule has 182 valence electrons. The molecule has 0 N–H and O–H groups in total. The van der Waals surface area contributed by atoms with Gasteiger partial charge in [-0.15, -0.1) is 0 Å². The first-order valence-electron chi connectivity index (χ1n) is 6.03.